The van der Waals surface area contributed by atoms with E-state index >= 15 is 0 Å². The third-order valence-corrected chi connectivity index (χ3v) is 5.67. The number of nitrogens with one attached hydrogen (secondary N) is 1. The molecule has 2 unspecified atom stereocenters. The van der Waals surface area contributed by atoms with Crippen LogP contribution in [0.1, 0.15) is 22.6 Å². The molecule has 0 saturated carbocycles. The van der Waals surface area contributed by atoms with Crippen molar-refractivity contribution < 1.29 is 14.6 Å². The maximum Gasteiger partial charge on any atom is 0.270 e. The molecule has 2 aromatic heterocycles. The smallest absolute Gasteiger partial charge is 0.270 e. The molecule has 168 valence electrons. The van der Waals surface area contributed by atoms with E-state index in [0.717, 1.165) is 11.4 Å². The fourth-order valence-corrected chi connectivity index (χ4v) is 4.34. The number of pyridine rings is 1. The number of amides is 1. The summed E-state index contributed by atoms with van der Waals surface area (Å²) in [6.07, 6.45) is 3.33. The maximum absolute atomic E-state index is 12.9. The SMILES string of the molecule is COc1nc(C(=O)NC2CC(O)CN(c3cc(Cl)cc(Cl)c3)C2)ccc1-n1cnc(C)c1. The van der Waals surface area contributed by atoms with Gasteiger partial charge in [0, 0.05) is 41.1 Å². The minimum absolute atomic E-state index is 0.222. The summed E-state index contributed by atoms with van der Waals surface area (Å²) in [7, 11) is 1.50. The average molecular weight is 476 g/mol. The number of aliphatic hydroxyl groups is 1. The van der Waals surface area contributed by atoms with Gasteiger partial charge in [-0.25, -0.2) is 9.97 Å². The van der Waals surface area contributed by atoms with Crippen molar-refractivity contribution in [3.05, 3.63) is 64.3 Å². The standard InChI is InChI=1S/C22H23Cl2N5O3/c1-13-9-29(12-25-13)20-4-3-19(27-22(20)32-2)21(31)26-16-8-18(30)11-28(10-16)17-6-14(23)5-15(24)7-17/h3-7,9,12,16,18,30H,8,10-11H2,1-2H3,(H,26,31). The third-order valence-electron chi connectivity index (χ3n) is 5.23. The summed E-state index contributed by atoms with van der Waals surface area (Å²) in [5.74, 6) is -0.0336. The fraction of sp³-hybridized carbons (Fsp3) is 0.318. The van der Waals surface area contributed by atoms with Crippen molar-refractivity contribution in [3.8, 4) is 11.6 Å². The van der Waals surface area contributed by atoms with Crippen LogP contribution in [0.15, 0.2) is 42.9 Å². The van der Waals surface area contributed by atoms with E-state index in [1.807, 2.05) is 18.0 Å². The molecule has 2 N–H and O–H groups in total. The summed E-state index contributed by atoms with van der Waals surface area (Å²) in [6, 6.07) is 8.34. The van der Waals surface area contributed by atoms with E-state index in [4.69, 9.17) is 27.9 Å². The molecule has 10 heteroatoms. The minimum atomic E-state index is -0.610. The number of carbonyl (C=O) groups is 1. The first kappa shape index (κ1) is 22.4. The molecule has 1 aromatic carbocycles. The van der Waals surface area contributed by atoms with Gasteiger partial charge in [-0.2, -0.15) is 0 Å². The summed E-state index contributed by atoms with van der Waals surface area (Å²) >= 11 is 12.2. The van der Waals surface area contributed by atoms with E-state index in [9.17, 15) is 9.90 Å². The number of piperidine rings is 1. The number of aromatic nitrogens is 3. The van der Waals surface area contributed by atoms with Crippen LogP contribution >= 0.6 is 23.2 Å². The Morgan fingerprint density at radius 2 is 1.97 bits per heavy atom. The first-order valence-electron chi connectivity index (χ1n) is 10.1. The van der Waals surface area contributed by atoms with Crippen LogP contribution in [0, 0.1) is 6.92 Å². The Labute approximate surface area is 195 Å². The minimum Gasteiger partial charge on any atom is -0.479 e. The van der Waals surface area contributed by atoms with Crippen LogP contribution in [0.5, 0.6) is 5.88 Å². The number of aliphatic hydroxyl groups excluding tert-OH is 1. The van der Waals surface area contributed by atoms with Gasteiger partial charge in [0.2, 0.25) is 5.88 Å². The Kier molecular flexibility index (Phi) is 6.55. The summed E-state index contributed by atoms with van der Waals surface area (Å²) in [5.41, 5.74) is 2.55. The second kappa shape index (κ2) is 9.36. The number of carbonyl (C=O) groups excluding carboxylic acids is 1. The number of benzene rings is 1. The van der Waals surface area contributed by atoms with Gasteiger partial charge in [-0.05, 0) is 43.7 Å². The number of hydrogen-bond donors (Lipinski definition) is 2. The van der Waals surface area contributed by atoms with Gasteiger partial charge in [-0.3, -0.25) is 4.79 Å². The largest absolute Gasteiger partial charge is 0.479 e. The van der Waals surface area contributed by atoms with Crippen LogP contribution in [0.4, 0.5) is 5.69 Å². The molecule has 3 heterocycles. The average Bonchev–Trinajstić information content (AvgIpc) is 3.18. The highest BCUT2D eigenvalue weighted by Gasteiger charge is 2.28. The lowest BCUT2D eigenvalue weighted by Crippen LogP contribution is -2.52. The molecule has 2 atom stereocenters. The van der Waals surface area contributed by atoms with Crippen LogP contribution < -0.4 is 15.0 Å². The number of anilines is 1. The predicted octanol–water partition coefficient (Wildman–Crippen LogP) is 3.26. The molecule has 1 aliphatic heterocycles. The quantitative estimate of drug-likeness (QED) is 0.588. The summed E-state index contributed by atoms with van der Waals surface area (Å²) in [4.78, 5) is 23.4. The number of halogens is 2. The maximum atomic E-state index is 12.9. The van der Waals surface area contributed by atoms with Crippen molar-refractivity contribution in [3.63, 3.8) is 0 Å². The molecule has 0 spiro atoms. The fourth-order valence-electron chi connectivity index (χ4n) is 3.83. The molecule has 1 saturated heterocycles. The second-order valence-corrected chi connectivity index (χ2v) is 8.61. The number of β-amino-alcohol motifs (C(OH)–C–C–N with tert-alkyl or cyclic N) is 1. The number of ether oxygens (including phenoxy) is 1. The summed E-state index contributed by atoms with van der Waals surface area (Å²) in [6.45, 7) is 2.81. The zero-order valence-corrected chi connectivity index (χ0v) is 19.1. The van der Waals surface area contributed by atoms with Gasteiger partial charge in [0.05, 0.1) is 25.2 Å². The zero-order chi connectivity index (χ0) is 22.8. The van der Waals surface area contributed by atoms with Crippen LogP contribution in [0.2, 0.25) is 10.0 Å². The van der Waals surface area contributed by atoms with Gasteiger partial charge < -0.3 is 24.6 Å². The van der Waals surface area contributed by atoms with Crippen LogP contribution in [0.3, 0.4) is 0 Å². The van der Waals surface area contributed by atoms with Gasteiger partial charge in [0.25, 0.3) is 5.91 Å². The van der Waals surface area contributed by atoms with Crippen molar-refractivity contribution in [2.45, 2.75) is 25.5 Å². The van der Waals surface area contributed by atoms with Gasteiger partial charge in [0.1, 0.15) is 11.4 Å². The van der Waals surface area contributed by atoms with Crippen LogP contribution in [-0.4, -0.2) is 57.9 Å². The molecule has 3 aromatic rings. The summed E-state index contributed by atoms with van der Waals surface area (Å²) < 4.78 is 7.18. The molecule has 32 heavy (non-hydrogen) atoms. The lowest BCUT2D eigenvalue weighted by atomic mass is 10.0. The summed E-state index contributed by atoms with van der Waals surface area (Å²) in [5, 5.41) is 14.4. The van der Waals surface area contributed by atoms with E-state index in [0.29, 0.717) is 41.1 Å². The lowest BCUT2D eigenvalue weighted by Gasteiger charge is -2.37. The molecule has 1 amide bonds. The van der Waals surface area contributed by atoms with E-state index in [1.165, 1.54) is 7.11 Å². The topological polar surface area (TPSA) is 92.5 Å². The van der Waals surface area contributed by atoms with Crippen molar-refractivity contribution in [2.75, 3.05) is 25.1 Å². The normalized spacial score (nSPS) is 18.5. The Balaban J connectivity index is 1.50. The van der Waals surface area contributed by atoms with Gasteiger partial charge in [0.15, 0.2) is 0 Å². The predicted molar refractivity (Wildman–Crippen MR) is 123 cm³/mol. The van der Waals surface area contributed by atoms with E-state index in [1.54, 1.807) is 41.2 Å². The van der Waals surface area contributed by atoms with Crippen molar-refractivity contribution in [2.24, 2.45) is 0 Å². The molecular weight excluding hydrogens is 453 g/mol. The van der Waals surface area contributed by atoms with Gasteiger partial charge in [-0.1, -0.05) is 23.2 Å². The Bertz CT molecular complexity index is 1120. The van der Waals surface area contributed by atoms with E-state index in [2.05, 4.69) is 15.3 Å². The number of imidazole rings is 1. The second-order valence-electron chi connectivity index (χ2n) is 7.74. The van der Waals surface area contributed by atoms with Crippen LogP contribution in [0.25, 0.3) is 5.69 Å². The van der Waals surface area contributed by atoms with Gasteiger partial charge >= 0.3 is 0 Å². The number of rotatable bonds is 5. The van der Waals surface area contributed by atoms with Crippen molar-refractivity contribution in [1.82, 2.24) is 19.9 Å². The molecular formula is C22H23Cl2N5O3. The molecule has 8 nitrogen and oxygen atoms in total. The van der Waals surface area contributed by atoms with Crippen molar-refractivity contribution >= 4 is 34.8 Å². The Hall–Kier alpha value is -2.81. The molecule has 1 fully saturated rings. The van der Waals surface area contributed by atoms with E-state index < -0.39 is 6.10 Å². The highest BCUT2D eigenvalue weighted by molar-refractivity contribution is 6.35. The lowest BCUT2D eigenvalue weighted by molar-refractivity contribution is 0.0889. The molecule has 0 bridgehead atoms. The molecule has 0 aliphatic carbocycles. The highest BCUT2D eigenvalue weighted by Crippen LogP contribution is 2.28. The number of hydrogen-bond acceptors (Lipinski definition) is 6. The number of nitrogens with zero attached hydrogens (tertiary/aromatic N) is 4. The van der Waals surface area contributed by atoms with Crippen molar-refractivity contribution in [1.29, 1.82) is 0 Å². The first-order chi connectivity index (χ1) is 15.3. The third kappa shape index (κ3) is 4.98. The molecule has 4 rings (SSSR count). The van der Waals surface area contributed by atoms with Gasteiger partial charge in [-0.15, -0.1) is 0 Å². The Morgan fingerprint density at radius 3 is 2.62 bits per heavy atom. The van der Waals surface area contributed by atoms with E-state index in [-0.39, 0.29) is 17.6 Å². The van der Waals surface area contributed by atoms with Crippen LogP contribution in [-0.2, 0) is 0 Å². The number of methoxy groups -OCH3 is 1. The monoisotopic (exact) mass is 475 g/mol. The zero-order valence-electron chi connectivity index (χ0n) is 17.6. The molecule has 0 radical (unpaired) electrons. The highest BCUT2D eigenvalue weighted by atomic mass is 35.5. The number of aryl methyl sites for hydroxylation is 1. The molecule has 1 aliphatic rings. The Morgan fingerprint density at radius 1 is 1.22 bits per heavy atom. The first-order valence-corrected chi connectivity index (χ1v) is 10.8.